The van der Waals surface area contributed by atoms with E-state index in [1.165, 1.54) is 6.33 Å². The van der Waals surface area contributed by atoms with Gasteiger partial charge in [-0.15, -0.1) is 0 Å². The molecule has 0 spiro atoms. The molecule has 1 heterocycles. The van der Waals surface area contributed by atoms with E-state index in [0.717, 1.165) is 11.3 Å². The first kappa shape index (κ1) is 10.8. The molecule has 0 atom stereocenters. The Morgan fingerprint density at radius 3 is 3.06 bits per heavy atom. The van der Waals surface area contributed by atoms with Gasteiger partial charge in [0.1, 0.15) is 12.1 Å². The fourth-order valence-electron chi connectivity index (χ4n) is 1.35. The molecular formula is C10H11ClN4O. The van der Waals surface area contributed by atoms with Crippen LogP contribution < -0.4 is 10.1 Å². The molecule has 0 saturated heterocycles. The summed E-state index contributed by atoms with van der Waals surface area (Å²) in [6.45, 7) is 0.568. The minimum atomic E-state index is 0.568. The van der Waals surface area contributed by atoms with Gasteiger partial charge < -0.3 is 10.1 Å². The molecule has 16 heavy (non-hydrogen) atoms. The number of aromatic nitrogens is 3. The van der Waals surface area contributed by atoms with Crippen LogP contribution in [0.5, 0.6) is 5.75 Å². The number of aromatic amines is 1. The molecule has 0 saturated carbocycles. The maximum Gasteiger partial charge on any atom is 0.218 e. The van der Waals surface area contributed by atoms with Crippen molar-refractivity contribution in [2.75, 3.05) is 12.4 Å². The average molecular weight is 239 g/mol. The first-order chi connectivity index (χ1) is 7.79. The third-order valence-corrected chi connectivity index (χ3v) is 2.34. The monoisotopic (exact) mass is 238 g/mol. The van der Waals surface area contributed by atoms with Crippen molar-refractivity contribution in [2.24, 2.45) is 0 Å². The van der Waals surface area contributed by atoms with Crippen LogP contribution in [0.1, 0.15) is 5.56 Å². The van der Waals surface area contributed by atoms with Gasteiger partial charge in [-0.3, -0.25) is 0 Å². The van der Waals surface area contributed by atoms with E-state index in [-0.39, 0.29) is 0 Å². The number of H-pyrrole nitrogens is 1. The number of hydrogen-bond donors (Lipinski definition) is 2. The first-order valence-corrected chi connectivity index (χ1v) is 5.09. The van der Waals surface area contributed by atoms with Crippen molar-refractivity contribution in [3.05, 3.63) is 35.1 Å². The second kappa shape index (κ2) is 4.85. The van der Waals surface area contributed by atoms with Gasteiger partial charge in [0.2, 0.25) is 5.95 Å². The molecule has 0 radical (unpaired) electrons. The standard InChI is InChI=1S/C10H11ClN4O/c1-16-9-3-2-8(11)4-7(9)5-12-10-13-6-14-15-10/h2-4,6H,5H2,1H3,(H2,12,13,14,15). The molecule has 0 aliphatic carbocycles. The van der Waals surface area contributed by atoms with Gasteiger partial charge in [0.05, 0.1) is 7.11 Å². The van der Waals surface area contributed by atoms with E-state index in [9.17, 15) is 0 Å². The highest BCUT2D eigenvalue weighted by Gasteiger charge is 2.04. The van der Waals surface area contributed by atoms with Crippen LogP contribution in [0.15, 0.2) is 24.5 Å². The van der Waals surface area contributed by atoms with Crippen LogP contribution in [0, 0.1) is 0 Å². The van der Waals surface area contributed by atoms with Gasteiger partial charge in [-0.1, -0.05) is 11.6 Å². The van der Waals surface area contributed by atoms with Gasteiger partial charge in [0, 0.05) is 17.1 Å². The van der Waals surface area contributed by atoms with Crippen molar-refractivity contribution in [3.63, 3.8) is 0 Å². The molecule has 2 aromatic rings. The Morgan fingerprint density at radius 2 is 2.38 bits per heavy atom. The van der Waals surface area contributed by atoms with E-state index in [4.69, 9.17) is 16.3 Å². The maximum atomic E-state index is 5.92. The van der Waals surface area contributed by atoms with Crippen LogP contribution in [0.3, 0.4) is 0 Å². The van der Waals surface area contributed by atoms with Gasteiger partial charge >= 0.3 is 0 Å². The highest BCUT2D eigenvalue weighted by atomic mass is 35.5. The number of methoxy groups -OCH3 is 1. The number of nitrogens with one attached hydrogen (secondary N) is 2. The summed E-state index contributed by atoms with van der Waals surface area (Å²) in [7, 11) is 1.63. The van der Waals surface area contributed by atoms with E-state index in [1.54, 1.807) is 13.2 Å². The lowest BCUT2D eigenvalue weighted by Crippen LogP contribution is -2.03. The Bertz CT molecular complexity index is 458. The summed E-state index contributed by atoms with van der Waals surface area (Å²) in [5.74, 6) is 1.40. The number of benzene rings is 1. The number of nitrogens with zero attached hydrogens (tertiary/aromatic N) is 2. The highest BCUT2D eigenvalue weighted by molar-refractivity contribution is 6.30. The van der Waals surface area contributed by atoms with E-state index in [2.05, 4.69) is 20.5 Å². The molecular weight excluding hydrogens is 228 g/mol. The minimum absolute atomic E-state index is 0.568. The van der Waals surface area contributed by atoms with E-state index >= 15 is 0 Å². The Morgan fingerprint density at radius 1 is 1.50 bits per heavy atom. The summed E-state index contributed by atoms with van der Waals surface area (Å²) in [4.78, 5) is 3.96. The van der Waals surface area contributed by atoms with E-state index in [0.29, 0.717) is 17.5 Å². The summed E-state index contributed by atoms with van der Waals surface area (Å²) >= 11 is 5.92. The first-order valence-electron chi connectivity index (χ1n) is 4.71. The van der Waals surface area contributed by atoms with E-state index < -0.39 is 0 Å². The molecule has 0 fully saturated rings. The quantitative estimate of drug-likeness (QED) is 0.856. The smallest absolute Gasteiger partial charge is 0.218 e. The Hall–Kier alpha value is -1.75. The van der Waals surface area contributed by atoms with Crippen molar-refractivity contribution < 1.29 is 4.74 Å². The van der Waals surface area contributed by atoms with Crippen molar-refractivity contribution in [2.45, 2.75) is 6.54 Å². The third-order valence-electron chi connectivity index (χ3n) is 2.10. The maximum absolute atomic E-state index is 5.92. The van der Waals surface area contributed by atoms with Crippen LogP contribution in [0.2, 0.25) is 5.02 Å². The number of anilines is 1. The van der Waals surface area contributed by atoms with Gasteiger partial charge in [-0.05, 0) is 18.2 Å². The lowest BCUT2D eigenvalue weighted by Gasteiger charge is -2.09. The predicted molar refractivity (Wildman–Crippen MR) is 61.7 cm³/mol. The normalized spacial score (nSPS) is 10.1. The molecule has 0 aliphatic rings. The fraction of sp³-hybridized carbons (Fsp3) is 0.200. The molecule has 2 rings (SSSR count). The average Bonchev–Trinajstić information content (AvgIpc) is 2.79. The topological polar surface area (TPSA) is 62.8 Å². The third kappa shape index (κ3) is 2.43. The number of halogens is 1. The molecule has 1 aromatic carbocycles. The summed E-state index contributed by atoms with van der Waals surface area (Å²) in [5, 5.41) is 10.2. The summed E-state index contributed by atoms with van der Waals surface area (Å²) in [5.41, 5.74) is 0.964. The second-order valence-electron chi connectivity index (χ2n) is 3.14. The molecule has 6 heteroatoms. The molecule has 0 amide bonds. The van der Waals surface area contributed by atoms with Crippen LogP contribution in [0.25, 0.3) is 0 Å². The summed E-state index contributed by atoms with van der Waals surface area (Å²) < 4.78 is 5.23. The Labute approximate surface area is 97.8 Å². The van der Waals surface area contributed by atoms with Crippen LogP contribution in [-0.2, 0) is 6.54 Å². The molecule has 84 valence electrons. The number of rotatable bonds is 4. The molecule has 0 unspecified atom stereocenters. The lowest BCUT2D eigenvalue weighted by molar-refractivity contribution is 0.410. The zero-order valence-corrected chi connectivity index (χ0v) is 9.45. The second-order valence-corrected chi connectivity index (χ2v) is 3.58. The van der Waals surface area contributed by atoms with Crippen molar-refractivity contribution in [1.29, 1.82) is 0 Å². The van der Waals surface area contributed by atoms with Crippen molar-refractivity contribution in [3.8, 4) is 5.75 Å². The van der Waals surface area contributed by atoms with Crippen molar-refractivity contribution in [1.82, 2.24) is 15.2 Å². The molecule has 2 N–H and O–H groups in total. The van der Waals surface area contributed by atoms with Gasteiger partial charge in [0.15, 0.2) is 0 Å². The summed E-state index contributed by atoms with van der Waals surface area (Å²) in [6.07, 6.45) is 1.44. The fourth-order valence-corrected chi connectivity index (χ4v) is 1.55. The lowest BCUT2D eigenvalue weighted by atomic mass is 10.2. The molecule has 0 aliphatic heterocycles. The SMILES string of the molecule is COc1ccc(Cl)cc1CNc1ncn[nH]1. The van der Waals surface area contributed by atoms with Gasteiger partial charge in [0.25, 0.3) is 0 Å². The van der Waals surface area contributed by atoms with Crippen LogP contribution >= 0.6 is 11.6 Å². The van der Waals surface area contributed by atoms with Gasteiger partial charge in [-0.2, -0.15) is 5.10 Å². The van der Waals surface area contributed by atoms with Gasteiger partial charge in [-0.25, -0.2) is 10.1 Å². The van der Waals surface area contributed by atoms with E-state index in [1.807, 2.05) is 12.1 Å². The van der Waals surface area contributed by atoms with Crippen LogP contribution in [-0.4, -0.2) is 22.3 Å². The highest BCUT2D eigenvalue weighted by Crippen LogP contribution is 2.22. The number of ether oxygens (including phenoxy) is 1. The number of hydrogen-bond acceptors (Lipinski definition) is 4. The molecule has 5 nitrogen and oxygen atoms in total. The van der Waals surface area contributed by atoms with Crippen LogP contribution in [0.4, 0.5) is 5.95 Å². The Kier molecular flexibility index (Phi) is 3.26. The molecule has 0 bridgehead atoms. The zero-order valence-electron chi connectivity index (χ0n) is 8.70. The largest absolute Gasteiger partial charge is 0.496 e. The van der Waals surface area contributed by atoms with Crippen molar-refractivity contribution >= 4 is 17.5 Å². The zero-order chi connectivity index (χ0) is 11.4. The summed E-state index contributed by atoms with van der Waals surface area (Å²) in [6, 6.07) is 5.47. The predicted octanol–water partition coefficient (Wildman–Crippen LogP) is 2.08. The molecule has 1 aromatic heterocycles. The minimum Gasteiger partial charge on any atom is -0.496 e. The Balaban J connectivity index is 2.11.